The number of hydrogen-bond acceptors (Lipinski definition) is 2. The average Bonchev–Trinajstić information content (AvgIpc) is 3.02. The molecule has 0 bridgehead atoms. The summed E-state index contributed by atoms with van der Waals surface area (Å²) in [5.41, 5.74) is 2.19. The Bertz CT molecular complexity index is 698. The second kappa shape index (κ2) is 4.55. The van der Waals surface area contributed by atoms with Crippen molar-refractivity contribution in [3.05, 3.63) is 36.5 Å². The molecule has 1 amide bonds. The predicted octanol–water partition coefficient (Wildman–Crippen LogP) is 3.78. The number of amides is 1. The van der Waals surface area contributed by atoms with Crippen LogP contribution in [-0.4, -0.2) is 17.9 Å². The van der Waals surface area contributed by atoms with E-state index in [4.69, 9.17) is 0 Å². The van der Waals surface area contributed by atoms with Crippen molar-refractivity contribution in [2.75, 3.05) is 11.9 Å². The van der Waals surface area contributed by atoms with E-state index in [0.717, 1.165) is 23.0 Å². The van der Waals surface area contributed by atoms with E-state index >= 15 is 0 Å². The van der Waals surface area contributed by atoms with Gasteiger partial charge < -0.3 is 4.90 Å². The van der Waals surface area contributed by atoms with Gasteiger partial charge in [0, 0.05) is 24.5 Å². The second-order valence-electron chi connectivity index (χ2n) is 6.58. The Labute approximate surface area is 125 Å². The maximum atomic E-state index is 12.8. The first-order valence-corrected chi connectivity index (χ1v) is 7.83. The molecule has 2 saturated carbocycles. The lowest BCUT2D eigenvalue weighted by Crippen LogP contribution is -2.29. The van der Waals surface area contributed by atoms with Crippen LogP contribution in [0.5, 0.6) is 0 Å². The number of carbonyl (C=O) groups is 1. The molecule has 1 aromatic carbocycles. The van der Waals surface area contributed by atoms with Crippen molar-refractivity contribution >= 4 is 22.5 Å². The van der Waals surface area contributed by atoms with Crippen LogP contribution in [0.4, 0.5) is 5.69 Å². The van der Waals surface area contributed by atoms with E-state index in [1.165, 1.54) is 25.7 Å². The van der Waals surface area contributed by atoms with Gasteiger partial charge in [-0.05, 0) is 36.8 Å². The molecular weight excluding hydrogens is 260 g/mol. The molecule has 1 spiro atoms. The summed E-state index contributed by atoms with van der Waals surface area (Å²) < 4.78 is 0. The maximum absolute atomic E-state index is 12.8. The number of nitrogens with zero attached hydrogens (tertiary/aromatic N) is 2. The Hall–Kier alpha value is -1.90. The number of hydrogen-bond donors (Lipinski definition) is 0. The zero-order valence-electron chi connectivity index (χ0n) is 12.4. The van der Waals surface area contributed by atoms with E-state index < -0.39 is 0 Å². The number of carbonyl (C=O) groups excluding carboxylic acids is 1. The molecule has 1 aromatic heterocycles. The highest BCUT2D eigenvalue weighted by molar-refractivity contribution is 6.03. The van der Waals surface area contributed by atoms with Crippen LogP contribution in [0.2, 0.25) is 0 Å². The quantitative estimate of drug-likeness (QED) is 0.838. The van der Waals surface area contributed by atoms with Crippen LogP contribution < -0.4 is 4.90 Å². The van der Waals surface area contributed by atoms with E-state index in [9.17, 15) is 4.79 Å². The van der Waals surface area contributed by atoms with E-state index in [0.29, 0.717) is 5.41 Å². The van der Waals surface area contributed by atoms with Gasteiger partial charge in [0.15, 0.2) is 0 Å². The molecule has 1 atom stereocenters. The van der Waals surface area contributed by atoms with Crippen LogP contribution in [0.15, 0.2) is 36.5 Å². The van der Waals surface area contributed by atoms with Crippen LogP contribution >= 0.6 is 0 Å². The molecular formula is C18H20N2O. The van der Waals surface area contributed by atoms with Crippen molar-refractivity contribution in [2.45, 2.75) is 32.1 Å². The molecule has 2 aliphatic rings. The summed E-state index contributed by atoms with van der Waals surface area (Å²) in [4.78, 5) is 19.1. The second-order valence-corrected chi connectivity index (χ2v) is 6.58. The molecule has 3 nitrogen and oxygen atoms in total. The molecule has 108 valence electrons. The van der Waals surface area contributed by atoms with Crippen molar-refractivity contribution in [2.24, 2.45) is 11.3 Å². The van der Waals surface area contributed by atoms with Crippen molar-refractivity contribution < 1.29 is 4.79 Å². The number of rotatable bonds is 2. The third-order valence-electron chi connectivity index (χ3n) is 5.39. The highest BCUT2D eigenvalue weighted by atomic mass is 16.2. The van der Waals surface area contributed by atoms with E-state index in [2.05, 4.69) is 4.98 Å². The molecule has 2 aromatic rings. The molecule has 4 rings (SSSR count). The van der Waals surface area contributed by atoms with Gasteiger partial charge in [0.05, 0.1) is 11.2 Å². The minimum Gasteiger partial charge on any atom is -0.313 e. The Kier molecular flexibility index (Phi) is 2.78. The minimum absolute atomic E-state index is 0.240. The van der Waals surface area contributed by atoms with E-state index in [1.807, 2.05) is 42.3 Å². The zero-order chi connectivity index (χ0) is 14.4. The number of para-hydroxylation sites is 1. The molecule has 0 aliphatic heterocycles. The summed E-state index contributed by atoms with van der Waals surface area (Å²) in [6.45, 7) is 0. The van der Waals surface area contributed by atoms with Crippen molar-refractivity contribution in [3.63, 3.8) is 0 Å². The predicted molar refractivity (Wildman–Crippen MR) is 84.2 cm³/mol. The number of aromatic nitrogens is 1. The number of benzene rings is 1. The summed E-state index contributed by atoms with van der Waals surface area (Å²) in [5.74, 6) is 0.513. The Balaban J connectivity index is 1.65. The third kappa shape index (κ3) is 1.95. The van der Waals surface area contributed by atoms with Gasteiger partial charge in [0.2, 0.25) is 5.91 Å². The summed E-state index contributed by atoms with van der Waals surface area (Å²) in [6, 6.07) is 10.0. The summed E-state index contributed by atoms with van der Waals surface area (Å²) >= 11 is 0. The van der Waals surface area contributed by atoms with Crippen LogP contribution in [0.1, 0.15) is 32.1 Å². The Morgan fingerprint density at radius 2 is 2.00 bits per heavy atom. The summed E-state index contributed by atoms with van der Waals surface area (Å²) in [7, 11) is 1.90. The molecule has 0 saturated heterocycles. The van der Waals surface area contributed by atoms with Crippen molar-refractivity contribution in [1.29, 1.82) is 0 Å². The van der Waals surface area contributed by atoms with Crippen LogP contribution in [0.3, 0.4) is 0 Å². The van der Waals surface area contributed by atoms with Gasteiger partial charge in [0.25, 0.3) is 0 Å². The molecule has 0 radical (unpaired) electrons. The minimum atomic E-state index is 0.240. The maximum Gasteiger partial charge on any atom is 0.230 e. The fraction of sp³-hybridized carbons (Fsp3) is 0.444. The topological polar surface area (TPSA) is 33.2 Å². The lowest BCUT2D eigenvalue weighted by molar-refractivity contribution is -0.120. The lowest BCUT2D eigenvalue weighted by atomic mass is 10.0. The molecule has 3 heteroatoms. The van der Waals surface area contributed by atoms with Gasteiger partial charge in [-0.25, -0.2) is 0 Å². The first-order chi connectivity index (χ1) is 10.2. The van der Waals surface area contributed by atoms with Gasteiger partial charge in [-0.15, -0.1) is 0 Å². The summed E-state index contributed by atoms with van der Waals surface area (Å²) in [6.07, 6.45) is 7.96. The van der Waals surface area contributed by atoms with Gasteiger partial charge in [-0.1, -0.05) is 31.0 Å². The van der Waals surface area contributed by atoms with E-state index in [1.54, 1.807) is 6.20 Å². The fourth-order valence-corrected chi connectivity index (χ4v) is 4.04. The van der Waals surface area contributed by atoms with Crippen LogP contribution in [0.25, 0.3) is 10.9 Å². The first kappa shape index (κ1) is 12.8. The molecule has 21 heavy (non-hydrogen) atoms. The van der Waals surface area contributed by atoms with Gasteiger partial charge >= 0.3 is 0 Å². The van der Waals surface area contributed by atoms with Gasteiger partial charge in [-0.2, -0.15) is 0 Å². The fourth-order valence-electron chi connectivity index (χ4n) is 4.04. The largest absolute Gasteiger partial charge is 0.313 e. The average molecular weight is 280 g/mol. The van der Waals surface area contributed by atoms with Gasteiger partial charge in [-0.3, -0.25) is 9.78 Å². The van der Waals surface area contributed by atoms with Gasteiger partial charge in [0.1, 0.15) is 0 Å². The van der Waals surface area contributed by atoms with Crippen LogP contribution in [-0.2, 0) is 4.79 Å². The SMILES string of the molecule is CN(C(=O)C1CC12CCCC2)c1cccc2cccnc12. The number of fused-ring (bicyclic) bond motifs is 1. The standard InChI is InChI=1S/C18H20N2O/c1-20(17(21)14-12-18(14)9-2-3-10-18)15-8-4-6-13-7-5-11-19-16(13)15/h4-8,11,14H,2-3,9-10,12H2,1H3. The molecule has 0 N–H and O–H groups in total. The van der Waals surface area contributed by atoms with Crippen molar-refractivity contribution in [3.8, 4) is 0 Å². The Morgan fingerprint density at radius 3 is 2.81 bits per heavy atom. The smallest absolute Gasteiger partial charge is 0.230 e. The normalized spacial score (nSPS) is 22.6. The highest BCUT2D eigenvalue weighted by Crippen LogP contribution is 2.63. The lowest BCUT2D eigenvalue weighted by Gasteiger charge is -2.20. The number of anilines is 1. The Morgan fingerprint density at radius 1 is 1.24 bits per heavy atom. The molecule has 2 aliphatic carbocycles. The first-order valence-electron chi connectivity index (χ1n) is 7.83. The molecule has 2 fully saturated rings. The monoisotopic (exact) mass is 280 g/mol. The molecule has 1 heterocycles. The molecule has 1 unspecified atom stereocenters. The van der Waals surface area contributed by atoms with E-state index in [-0.39, 0.29) is 11.8 Å². The van der Waals surface area contributed by atoms with Crippen LogP contribution in [0, 0.1) is 11.3 Å². The van der Waals surface area contributed by atoms with Crippen molar-refractivity contribution in [1.82, 2.24) is 4.98 Å². The summed E-state index contributed by atoms with van der Waals surface area (Å²) in [5, 5.41) is 1.08. The highest BCUT2D eigenvalue weighted by Gasteiger charge is 2.59. The zero-order valence-corrected chi connectivity index (χ0v) is 12.4. The number of pyridine rings is 1. The third-order valence-corrected chi connectivity index (χ3v) is 5.39.